The highest BCUT2D eigenvalue weighted by molar-refractivity contribution is 14.1. The Labute approximate surface area is 93.3 Å². The number of aromatic nitrogens is 2. The second kappa shape index (κ2) is 4.19. The first-order chi connectivity index (χ1) is 6.34. The first kappa shape index (κ1) is 9.14. The normalized spacial score (nSPS) is 10.5. The molecule has 2 rings (SSSR count). The summed E-state index contributed by atoms with van der Waals surface area (Å²) in [6.07, 6.45) is 3.51. The van der Waals surface area contributed by atoms with Gasteiger partial charge >= 0.3 is 0 Å². The second-order valence-corrected chi connectivity index (χ2v) is 5.34. The van der Waals surface area contributed by atoms with E-state index in [0.29, 0.717) is 0 Å². The molecule has 13 heavy (non-hydrogen) atoms. The molecule has 0 radical (unpaired) electrons. The van der Waals surface area contributed by atoms with Crippen LogP contribution in [-0.2, 0) is 12.8 Å². The molecule has 5 heteroatoms. The zero-order valence-corrected chi connectivity index (χ0v) is 9.71. The van der Waals surface area contributed by atoms with Gasteiger partial charge in [-0.05, 0) is 34.7 Å². The second-order valence-electron chi connectivity index (χ2n) is 2.53. The van der Waals surface area contributed by atoms with Crippen LogP contribution in [0.4, 0.5) is 0 Å². The van der Waals surface area contributed by atoms with Crippen molar-refractivity contribution < 1.29 is 4.42 Å². The number of halogens is 1. The minimum Gasteiger partial charge on any atom is -0.469 e. The molecule has 0 aliphatic heterocycles. The van der Waals surface area contributed by atoms with Gasteiger partial charge in [-0.25, -0.2) is 0 Å². The summed E-state index contributed by atoms with van der Waals surface area (Å²) in [5, 5.41) is 9.05. The maximum absolute atomic E-state index is 5.22. The van der Waals surface area contributed by atoms with Gasteiger partial charge in [0.25, 0.3) is 0 Å². The molecule has 2 heterocycles. The van der Waals surface area contributed by atoms with E-state index >= 15 is 0 Å². The highest BCUT2D eigenvalue weighted by Crippen LogP contribution is 2.14. The Kier molecular flexibility index (Phi) is 2.94. The Morgan fingerprint density at radius 1 is 1.38 bits per heavy atom. The van der Waals surface area contributed by atoms with Crippen LogP contribution in [0.3, 0.4) is 0 Å². The van der Waals surface area contributed by atoms with Crippen molar-refractivity contribution in [2.24, 2.45) is 0 Å². The lowest BCUT2D eigenvalue weighted by Gasteiger charge is -1.91. The van der Waals surface area contributed by atoms with Crippen LogP contribution in [0.25, 0.3) is 0 Å². The molecule has 0 atom stereocenters. The molecule has 0 amide bonds. The van der Waals surface area contributed by atoms with Gasteiger partial charge in [0.15, 0.2) is 3.01 Å². The first-order valence-corrected chi connectivity index (χ1v) is 5.74. The van der Waals surface area contributed by atoms with Crippen LogP contribution in [0.15, 0.2) is 22.8 Å². The van der Waals surface area contributed by atoms with Crippen LogP contribution in [0, 0.1) is 3.01 Å². The number of hydrogen-bond donors (Lipinski definition) is 0. The van der Waals surface area contributed by atoms with Crippen molar-refractivity contribution in [2.75, 3.05) is 0 Å². The maximum atomic E-state index is 5.22. The van der Waals surface area contributed by atoms with Crippen molar-refractivity contribution in [1.29, 1.82) is 0 Å². The summed E-state index contributed by atoms with van der Waals surface area (Å²) in [7, 11) is 0. The quantitative estimate of drug-likeness (QED) is 0.818. The van der Waals surface area contributed by atoms with Crippen molar-refractivity contribution >= 4 is 33.9 Å². The minimum absolute atomic E-state index is 0.901. The highest BCUT2D eigenvalue weighted by atomic mass is 127. The Morgan fingerprint density at radius 3 is 2.92 bits per heavy atom. The smallest absolute Gasteiger partial charge is 0.178 e. The van der Waals surface area contributed by atoms with E-state index in [0.717, 1.165) is 26.6 Å². The summed E-state index contributed by atoms with van der Waals surface area (Å²) in [6, 6.07) is 3.88. The Hall–Kier alpha value is -0.430. The molecule has 0 aromatic carbocycles. The Morgan fingerprint density at radius 2 is 2.31 bits per heavy atom. The standard InChI is InChI=1S/C8H7IN2OS/c9-8-11-10-7(13-8)4-3-6-2-1-5-12-6/h1-2,5H,3-4H2. The minimum atomic E-state index is 0.901. The first-order valence-electron chi connectivity index (χ1n) is 3.85. The van der Waals surface area contributed by atoms with E-state index in [2.05, 4.69) is 32.8 Å². The number of nitrogens with zero attached hydrogens (tertiary/aromatic N) is 2. The lowest BCUT2D eigenvalue weighted by atomic mass is 10.2. The molecular formula is C8H7IN2OS. The predicted octanol–water partition coefficient (Wildman–Crippen LogP) is 2.52. The number of aryl methyl sites for hydroxylation is 2. The van der Waals surface area contributed by atoms with E-state index in [4.69, 9.17) is 4.42 Å². The predicted molar refractivity (Wildman–Crippen MR) is 58.7 cm³/mol. The summed E-state index contributed by atoms with van der Waals surface area (Å²) in [6.45, 7) is 0. The van der Waals surface area contributed by atoms with Gasteiger partial charge in [0.05, 0.1) is 6.26 Å². The van der Waals surface area contributed by atoms with Crippen LogP contribution in [0.2, 0.25) is 0 Å². The molecule has 0 bridgehead atoms. The van der Waals surface area contributed by atoms with Gasteiger partial charge in [-0.2, -0.15) is 0 Å². The third-order valence-electron chi connectivity index (χ3n) is 1.61. The van der Waals surface area contributed by atoms with Crippen molar-refractivity contribution in [2.45, 2.75) is 12.8 Å². The molecule has 0 saturated carbocycles. The van der Waals surface area contributed by atoms with Gasteiger partial charge in [0, 0.05) is 12.8 Å². The fourth-order valence-electron chi connectivity index (χ4n) is 1.02. The molecular weight excluding hydrogens is 299 g/mol. The van der Waals surface area contributed by atoms with E-state index in [1.807, 2.05) is 12.1 Å². The van der Waals surface area contributed by atoms with E-state index in [-0.39, 0.29) is 0 Å². The summed E-state index contributed by atoms with van der Waals surface area (Å²) in [5.41, 5.74) is 0. The monoisotopic (exact) mass is 306 g/mol. The van der Waals surface area contributed by atoms with Crippen LogP contribution < -0.4 is 0 Å². The van der Waals surface area contributed by atoms with Crippen molar-refractivity contribution in [1.82, 2.24) is 10.2 Å². The van der Waals surface area contributed by atoms with E-state index < -0.39 is 0 Å². The Bertz CT molecular complexity index is 371. The zero-order chi connectivity index (χ0) is 9.10. The molecule has 0 unspecified atom stereocenters. The zero-order valence-electron chi connectivity index (χ0n) is 6.74. The number of hydrogen-bond acceptors (Lipinski definition) is 4. The van der Waals surface area contributed by atoms with Crippen LogP contribution >= 0.6 is 33.9 Å². The van der Waals surface area contributed by atoms with Crippen molar-refractivity contribution in [3.8, 4) is 0 Å². The molecule has 0 spiro atoms. The molecule has 0 fully saturated rings. The van der Waals surface area contributed by atoms with Gasteiger partial charge in [-0.1, -0.05) is 11.3 Å². The largest absolute Gasteiger partial charge is 0.469 e. The van der Waals surface area contributed by atoms with Gasteiger partial charge in [0.1, 0.15) is 10.8 Å². The van der Waals surface area contributed by atoms with Gasteiger partial charge in [-0.3, -0.25) is 0 Å². The van der Waals surface area contributed by atoms with Crippen LogP contribution in [0.1, 0.15) is 10.8 Å². The van der Waals surface area contributed by atoms with Gasteiger partial charge in [-0.15, -0.1) is 10.2 Å². The summed E-state index contributed by atoms with van der Waals surface area (Å²) >= 11 is 3.81. The number of furan rings is 1. The van der Waals surface area contributed by atoms with Gasteiger partial charge < -0.3 is 4.42 Å². The molecule has 0 N–H and O–H groups in total. The topological polar surface area (TPSA) is 38.9 Å². The summed E-state index contributed by atoms with van der Waals surface area (Å²) < 4.78 is 6.21. The fourth-order valence-corrected chi connectivity index (χ4v) is 2.45. The molecule has 68 valence electrons. The molecule has 0 aliphatic rings. The molecule has 2 aromatic rings. The maximum Gasteiger partial charge on any atom is 0.178 e. The molecule has 0 aliphatic carbocycles. The van der Waals surface area contributed by atoms with E-state index in [1.54, 1.807) is 17.6 Å². The summed E-state index contributed by atoms with van der Waals surface area (Å²) in [4.78, 5) is 0. The van der Waals surface area contributed by atoms with E-state index in [1.165, 1.54) is 0 Å². The molecule has 3 nitrogen and oxygen atoms in total. The van der Waals surface area contributed by atoms with Crippen molar-refractivity contribution in [3.05, 3.63) is 32.2 Å². The summed E-state index contributed by atoms with van der Waals surface area (Å²) in [5.74, 6) is 1.00. The average molecular weight is 306 g/mol. The molecule has 2 aromatic heterocycles. The Balaban J connectivity index is 1.93. The third-order valence-corrected chi connectivity index (χ3v) is 3.26. The number of rotatable bonds is 3. The molecule has 0 saturated heterocycles. The average Bonchev–Trinajstić information content (AvgIpc) is 2.71. The lowest BCUT2D eigenvalue weighted by Crippen LogP contribution is -1.88. The third kappa shape index (κ3) is 2.50. The van der Waals surface area contributed by atoms with Crippen molar-refractivity contribution in [3.63, 3.8) is 0 Å². The lowest BCUT2D eigenvalue weighted by molar-refractivity contribution is 0.508. The van der Waals surface area contributed by atoms with Crippen LogP contribution in [-0.4, -0.2) is 10.2 Å². The highest BCUT2D eigenvalue weighted by Gasteiger charge is 2.02. The fraction of sp³-hybridized carbons (Fsp3) is 0.250. The van der Waals surface area contributed by atoms with E-state index in [9.17, 15) is 0 Å². The van der Waals surface area contributed by atoms with Crippen LogP contribution in [0.5, 0.6) is 0 Å². The van der Waals surface area contributed by atoms with Gasteiger partial charge in [0.2, 0.25) is 0 Å². The SMILES string of the molecule is Ic1nnc(CCc2ccco2)s1.